The highest BCUT2D eigenvalue weighted by molar-refractivity contribution is 5.94. The van der Waals surface area contributed by atoms with Gasteiger partial charge in [-0.25, -0.2) is 0 Å². The van der Waals surface area contributed by atoms with E-state index in [0.717, 1.165) is 18.5 Å². The van der Waals surface area contributed by atoms with Crippen LogP contribution in [0.5, 0.6) is 0 Å². The molecule has 0 radical (unpaired) electrons. The standard InChI is InChI=1S/C24H35N3O/c1-16-17-13-14-24(2,15-17)22(16)25-23(28)21-19-11-5-3-4-6-12-20(19)27(26-21)18-9-7-8-10-18/h17-18,22H,1,3-15H2,2H3,(H,25,28). The number of hydrogen-bond acceptors (Lipinski definition) is 2. The van der Waals surface area contributed by atoms with Crippen LogP contribution in [0.25, 0.3) is 0 Å². The third-order valence-corrected chi connectivity index (χ3v) is 8.24. The summed E-state index contributed by atoms with van der Waals surface area (Å²) in [6.07, 6.45) is 15.7. The van der Waals surface area contributed by atoms with Crippen LogP contribution in [0, 0.1) is 11.3 Å². The van der Waals surface area contributed by atoms with Crippen LogP contribution in [0.2, 0.25) is 0 Å². The predicted octanol–water partition coefficient (Wildman–Crippen LogP) is 5.13. The summed E-state index contributed by atoms with van der Waals surface area (Å²) in [5.74, 6) is 0.653. The average molecular weight is 382 g/mol. The van der Waals surface area contributed by atoms with E-state index in [1.165, 1.54) is 87.5 Å². The van der Waals surface area contributed by atoms with Gasteiger partial charge in [0.2, 0.25) is 0 Å². The van der Waals surface area contributed by atoms with Gasteiger partial charge in [-0.2, -0.15) is 5.10 Å². The van der Waals surface area contributed by atoms with Crippen LogP contribution >= 0.6 is 0 Å². The van der Waals surface area contributed by atoms with Crippen LogP contribution in [0.4, 0.5) is 0 Å². The zero-order chi connectivity index (χ0) is 19.3. The summed E-state index contributed by atoms with van der Waals surface area (Å²) < 4.78 is 2.28. The number of aromatic nitrogens is 2. The first kappa shape index (κ1) is 18.4. The van der Waals surface area contributed by atoms with Crippen molar-refractivity contribution in [2.75, 3.05) is 0 Å². The molecule has 0 aliphatic heterocycles. The molecule has 0 spiro atoms. The maximum atomic E-state index is 13.4. The van der Waals surface area contributed by atoms with Crippen LogP contribution in [-0.2, 0) is 12.8 Å². The number of rotatable bonds is 3. The molecule has 5 rings (SSSR count). The molecule has 0 aromatic carbocycles. The topological polar surface area (TPSA) is 46.9 Å². The van der Waals surface area contributed by atoms with Gasteiger partial charge in [0.1, 0.15) is 0 Å². The van der Waals surface area contributed by atoms with Crippen LogP contribution in [0.1, 0.15) is 105 Å². The molecule has 0 saturated heterocycles. The molecule has 3 fully saturated rings. The van der Waals surface area contributed by atoms with Gasteiger partial charge in [0.05, 0.1) is 12.1 Å². The van der Waals surface area contributed by atoms with Crippen molar-refractivity contribution >= 4 is 5.91 Å². The monoisotopic (exact) mass is 381 g/mol. The molecule has 4 nitrogen and oxygen atoms in total. The molecule has 4 aliphatic carbocycles. The second-order valence-corrected chi connectivity index (χ2v) is 10.1. The minimum Gasteiger partial charge on any atom is -0.344 e. The number of nitrogens with zero attached hydrogens (tertiary/aromatic N) is 2. The highest BCUT2D eigenvalue weighted by Crippen LogP contribution is 2.56. The Hall–Kier alpha value is -1.58. The van der Waals surface area contributed by atoms with E-state index in [0.29, 0.717) is 12.0 Å². The normalized spacial score (nSPS) is 33.0. The van der Waals surface area contributed by atoms with Crippen molar-refractivity contribution in [2.45, 2.75) is 102 Å². The average Bonchev–Trinajstić information content (AvgIpc) is 3.40. The van der Waals surface area contributed by atoms with E-state index in [1.807, 2.05) is 0 Å². The van der Waals surface area contributed by atoms with Crippen LogP contribution in [-0.4, -0.2) is 21.7 Å². The van der Waals surface area contributed by atoms with Crippen molar-refractivity contribution in [3.05, 3.63) is 29.1 Å². The Kier molecular flexibility index (Phi) is 4.64. The van der Waals surface area contributed by atoms with Crippen molar-refractivity contribution in [2.24, 2.45) is 11.3 Å². The Balaban J connectivity index is 1.46. The van der Waals surface area contributed by atoms with E-state index in [2.05, 4.69) is 23.5 Å². The fourth-order valence-electron chi connectivity index (χ4n) is 6.61. The summed E-state index contributed by atoms with van der Waals surface area (Å²) in [6, 6.07) is 0.629. The summed E-state index contributed by atoms with van der Waals surface area (Å²) >= 11 is 0. The van der Waals surface area contributed by atoms with E-state index >= 15 is 0 Å². The van der Waals surface area contributed by atoms with Crippen molar-refractivity contribution in [3.8, 4) is 0 Å². The molecule has 1 amide bonds. The second kappa shape index (κ2) is 7.03. The van der Waals surface area contributed by atoms with Crippen molar-refractivity contribution in [1.29, 1.82) is 0 Å². The minimum atomic E-state index is 0.0495. The number of nitrogens with one attached hydrogen (secondary N) is 1. The number of fused-ring (bicyclic) bond motifs is 3. The first-order valence-electron chi connectivity index (χ1n) is 11.7. The van der Waals surface area contributed by atoms with Crippen LogP contribution in [0.3, 0.4) is 0 Å². The van der Waals surface area contributed by atoms with E-state index in [1.54, 1.807) is 0 Å². The highest BCUT2D eigenvalue weighted by atomic mass is 16.2. The summed E-state index contributed by atoms with van der Waals surface area (Å²) in [5, 5.41) is 8.38. The van der Waals surface area contributed by atoms with Gasteiger partial charge in [0, 0.05) is 11.3 Å². The second-order valence-electron chi connectivity index (χ2n) is 10.1. The first-order valence-corrected chi connectivity index (χ1v) is 11.7. The molecule has 1 aromatic rings. The van der Waals surface area contributed by atoms with Gasteiger partial charge in [-0.3, -0.25) is 9.48 Å². The van der Waals surface area contributed by atoms with Gasteiger partial charge < -0.3 is 5.32 Å². The third kappa shape index (κ3) is 2.95. The highest BCUT2D eigenvalue weighted by Gasteiger charge is 2.52. The summed E-state index contributed by atoms with van der Waals surface area (Å²) in [7, 11) is 0. The largest absolute Gasteiger partial charge is 0.344 e. The van der Waals surface area contributed by atoms with Crippen molar-refractivity contribution < 1.29 is 4.79 Å². The zero-order valence-electron chi connectivity index (χ0n) is 17.4. The van der Waals surface area contributed by atoms with E-state index in [-0.39, 0.29) is 17.4 Å². The molecule has 1 heterocycles. The fraction of sp³-hybridized carbons (Fsp3) is 0.750. The SMILES string of the molecule is C=C1C2CCC(C)(C2)C1NC(=O)c1nn(C2CCCC2)c2c1CCCCCC2. The Morgan fingerprint density at radius 2 is 1.86 bits per heavy atom. The molecule has 1 N–H and O–H groups in total. The summed E-state index contributed by atoms with van der Waals surface area (Å²) in [4.78, 5) is 13.4. The molecule has 152 valence electrons. The zero-order valence-corrected chi connectivity index (χ0v) is 17.4. The number of hydrogen-bond donors (Lipinski definition) is 1. The lowest BCUT2D eigenvalue weighted by atomic mass is 9.80. The Bertz CT molecular complexity index is 788. The Labute approximate surface area is 169 Å². The van der Waals surface area contributed by atoms with Gasteiger partial charge in [-0.05, 0) is 69.1 Å². The molecule has 3 atom stereocenters. The lowest BCUT2D eigenvalue weighted by Crippen LogP contribution is -2.45. The Morgan fingerprint density at radius 3 is 2.57 bits per heavy atom. The maximum absolute atomic E-state index is 13.4. The lowest BCUT2D eigenvalue weighted by Gasteiger charge is -2.33. The quantitative estimate of drug-likeness (QED) is 0.738. The maximum Gasteiger partial charge on any atom is 0.272 e. The van der Waals surface area contributed by atoms with Gasteiger partial charge >= 0.3 is 0 Å². The third-order valence-electron chi connectivity index (χ3n) is 8.24. The smallest absolute Gasteiger partial charge is 0.272 e. The lowest BCUT2D eigenvalue weighted by molar-refractivity contribution is 0.0905. The van der Waals surface area contributed by atoms with Gasteiger partial charge in [-0.1, -0.05) is 44.8 Å². The molecule has 3 unspecified atom stereocenters. The molecule has 2 bridgehead atoms. The molecular weight excluding hydrogens is 346 g/mol. The predicted molar refractivity (Wildman–Crippen MR) is 111 cm³/mol. The molecule has 4 heteroatoms. The minimum absolute atomic E-state index is 0.0495. The molecule has 28 heavy (non-hydrogen) atoms. The van der Waals surface area contributed by atoms with Gasteiger partial charge in [0.25, 0.3) is 5.91 Å². The number of carbonyl (C=O) groups excluding carboxylic acids is 1. The van der Waals surface area contributed by atoms with Gasteiger partial charge in [-0.15, -0.1) is 0 Å². The van der Waals surface area contributed by atoms with Crippen molar-refractivity contribution in [3.63, 3.8) is 0 Å². The Morgan fingerprint density at radius 1 is 1.11 bits per heavy atom. The fourth-order valence-corrected chi connectivity index (χ4v) is 6.61. The first-order chi connectivity index (χ1) is 13.6. The van der Waals surface area contributed by atoms with Crippen molar-refractivity contribution in [1.82, 2.24) is 15.1 Å². The summed E-state index contributed by atoms with van der Waals surface area (Å²) in [6.45, 7) is 6.68. The summed E-state index contributed by atoms with van der Waals surface area (Å²) in [5.41, 5.74) is 4.79. The van der Waals surface area contributed by atoms with Crippen LogP contribution < -0.4 is 5.32 Å². The van der Waals surface area contributed by atoms with Gasteiger partial charge in [0.15, 0.2) is 5.69 Å². The van der Waals surface area contributed by atoms with E-state index in [4.69, 9.17) is 5.10 Å². The molecule has 3 saturated carbocycles. The molecular formula is C24H35N3O. The van der Waals surface area contributed by atoms with E-state index in [9.17, 15) is 4.79 Å². The molecule has 1 aromatic heterocycles. The number of carbonyl (C=O) groups is 1. The number of amides is 1. The van der Waals surface area contributed by atoms with E-state index < -0.39 is 0 Å². The molecule has 4 aliphatic rings. The van der Waals surface area contributed by atoms with Crippen LogP contribution in [0.15, 0.2) is 12.2 Å².